The van der Waals surface area contributed by atoms with E-state index in [2.05, 4.69) is 0 Å². The molecule has 2 fully saturated rings. The van der Waals surface area contributed by atoms with Crippen LogP contribution in [0.15, 0.2) is 29.2 Å². The minimum Gasteiger partial charge on any atom is -0.481 e. The summed E-state index contributed by atoms with van der Waals surface area (Å²) in [5.41, 5.74) is 1.01. The van der Waals surface area contributed by atoms with E-state index in [1.165, 1.54) is 4.31 Å². The van der Waals surface area contributed by atoms with Crippen LogP contribution in [0, 0.1) is 5.92 Å². The largest absolute Gasteiger partial charge is 0.481 e. The Bertz CT molecular complexity index is 685. The number of sulfonamides is 1. The summed E-state index contributed by atoms with van der Waals surface area (Å²) in [6.45, 7) is 0.586. The molecular weight excluding hydrogens is 318 g/mol. The maximum atomic E-state index is 12.9. The highest BCUT2D eigenvalue weighted by molar-refractivity contribution is 7.89. The molecule has 2 aliphatic rings. The molecule has 0 radical (unpaired) electrons. The van der Waals surface area contributed by atoms with Crippen molar-refractivity contribution in [2.75, 3.05) is 13.7 Å². The SMILES string of the molecule is COCCc1ccc(S(=O)(=O)N2C3CCC2C(C(=O)O)C3)cc1. The number of benzene rings is 1. The van der Waals surface area contributed by atoms with Gasteiger partial charge in [-0.1, -0.05) is 12.1 Å². The Morgan fingerprint density at radius 1 is 1.30 bits per heavy atom. The first-order chi connectivity index (χ1) is 10.9. The van der Waals surface area contributed by atoms with E-state index in [1.807, 2.05) is 0 Å². The van der Waals surface area contributed by atoms with Gasteiger partial charge in [0.15, 0.2) is 0 Å². The Kier molecular flexibility index (Phi) is 4.44. The second kappa shape index (κ2) is 6.22. The fraction of sp³-hybridized carbons (Fsp3) is 0.562. The summed E-state index contributed by atoms with van der Waals surface area (Å²) in [5, 5.41) is 9.27. The number of aliphatic carboxylic acids is 1. The molecule has 2 saturated heterocycles. The molecule has 1 aromatic rings. The van der Waals surface area contributed by atoms with Crippen molar-refractivity contribution in [3.63, 3.8) is 0 Å². The molecule has 126 valence electrons. The molecule has 3 unspecified atom stereocenters. The van der Waals surface area contributed by atoms with Gasteiger partial charge in [0.25, 0.3) is 0 Å². The molecule has 2 bridgehead atoms. The lowest BCUT2D eigenvalue weighted by Gasteiger charge is -2.22. The second-order valence-corrected chi connectivity index (χ2v) is 8.04. The third-order valence-corrected chi connectivity index (χ3v) is 6.88. The summed E-state index contributed by atoms with van der Waals surface area (Å²) < 4.78 is 32.2. The maximum absolute atomic E-state index is 12.9. The van der Waals surface area contributed by atoms with E-state index >= 15 is 0 Å². The van der Waals surface area contributed by atoms with E-state index < -0.39 is 28.0 Å². The number of nitrogens with zero attached hydrogens (tertiary/aromatic N) is 1. The van der Waals surface area contributed by atoms with E-state index in [1.54, 1.807) is 31.4 Å². The number of hydrogen-bond acceptors (Lipinski definition) is 4. The van der Waals surface area contributed by atoms with Gasteiger partial charge < -0.3 is 9.84 Å². The molecule has 0 saturated carbocycles. The van der Waals surface area contributed by atoms with Gasteiger partial charge >= 0.3 is 5.97 Å². The highest BCUT2D eigenvalue weighted by Crippen LogP contribution is 2.45. The van der Waals surface area contributed by atoms with Gasteiger partial charge in [-0.3, -0.25) is 4.79 Å². The third kappa shape index (κ3) is 2.88. The van der Waals surface area contributed by atoms with Crippen molar-refractivity contribution in [3.05, 3.63) is 29.8 Å². The van der Waals surface area contributed by atoms with E-state index in [9.17, 15) is 18.3 Å². The molecule has 7 heteroatoms. The smallest absolute Gasteiger partial charge is 0.308 e. The first-order valence-corrected chi connectivity index (χ1v) is 9.23. The van der Waals surface area contributed by atoms with Crippen LogP contribution in [-0.4, -0.2) is 49.6 Å². The highest BCUT2D eigenvalue weighted by Gasteiger charge is 2.54. The van der Waals surface area contributed by atoms with Crippen LogP contribution < -0.4 is 0 Å². The number of fused-ring (bicyclic) bond motifs is 2. The average Bonchev–Trinajstić information content (AvgIpc) is 3.12. The Morgan fingerprint density at radius 3 is 2.57 bits per heavy atom. The zero-order chi connectivity index (χ0) is 16.6. The van der Waals surface area contributed by atoms with E-state index in [0.717, 1.165) is 18.4 Å². The van der Waals surface area contributed by atoms with Crippen LogP contribution in [0.2, 0.25) is 0 Å². The maximum Gasteiger partial charge on any atom is 0.308 e. The molecule has 0 spiro atoms. The van der Waals surface area contributed by atoms with Crippen molar-refractivity contribution in [3.8, 4) is 0 Å². The van der Waals surface area contributed by atoms with E-state index in [-0.39, 0.29) is 10.9 Å². The lowest BCUT2D eigenvalue weighted by Crippen LogP contribution is -2.37. The summed E-state index contributed by atoms with van der Waals surface area (Å²) in [4.78, 5) is 11.5. The normalized spacial score (nSPS) is 27.4. The van der Waals surface area contributed by atoms with Crippen molar-refractivity contribution < 1.29 is 23.1 Å². The molecular formula is C16H21NO5S. The molecule has 0 aliphatic carbocycles. The number of carboxylic acids is 1. The van der Waals surface area contributed by atoms with Gasteiger partial charge in [-0.2, -0.15) is 4.31 Å². The van der Waals surface area contributed by atoms with E-state index in [0.29, 0.717) is 19.4 Å². The first-order valence-electron chi connectivity index (χ1n) is 7.79. The van der Waals surface area contributed by atoms with Crippen molar-refractivity contribution in [1.29, 1.82) is 0 Å². The summed E-state index contributed by atoms with van der Waals surface area (Å²) in [7, 11) is -2.01. The number of rotatable bonds is 6. The van der Waals surface area contributed by atoms with Gasteiger partial charge in [0.1, 0.15) is 0 Å². The van der Waals surface area contributed by atoms with Gasteiger partial charge in [0, 0.05) is 19.2 Å². The number of carbonyl (C=O) groups is 1. The van der Waals surface area contributed by atoms with Crippen LogP contribution in [0.4, 0.5) is 0 Å². The van der Waals surface area contributed by atoms with Crippen LogP contribution in [0.25, 0.3) is 0 Å². The molecule has 0 amide bonds. The lowest BCUT2D eigenvalue weighted by atomic mass is 9.89. The minimum atomic E-state index is -3.64. The topological polar surface area (TPSA) is 83.9 Å². The molecule has 23 heavy (non-hydrogen) atoms. The van der Waals surface area contributed by atoms with Gasteiger partial charge in [-0.05, 0) is 43.4 Å². The Morgan fingerprint density at radius 2 is 2.00 bits per heavy atom. The summed E-state index contributed by atoms with van der Waals surface area (Å²) in [6.07, 6.45) is 2.53. The zero-order valence-electron chi connectivity index (χ0n) is 13.0. The van der Waals surface area contributed by atoms with Crippen LogP contribution in [0.1, 0.15) is 24.8 Å². The predicted molar refractivity (Wildman–Crippen MR) is 83.6 cm³/mol. The van der Waals surface area contributed by atoms with Gasteiger partial charge in [-0.15, -0.1) is 0 Å². The Balaban J connectivity index is 1.83. The molecule has 0 aromatic heterocycles. The molecule has 3 rings (SSSR count). The Hall–Kier alpha value is -1.44. The number of hydrogen-bond donors (Lipinski definition) is 1. The predicted octanol–water partition coefficient (Wildman–Crippen LogP) is 1.50. The van der Waals surface area contributed by atoms with Gasteiger partial charge in [0.05, 0.1) is 17.4 Å². The third-order valence-electron chi connectivity index (χ3n) is 4.88. The number of carboxylic acid groups (broad SMARTS) is 1. The molecule has 1 N–H and O–H groups in total. The molecule has 2 heterocycles. The summed E-state index contributed by atoms with van der Waals surface area (Å²) in [5.74, 6) is -1.48. The van der Waals surface area contributed by atoms with Gasteiger partial charge in [0.2, 0.25) is 10.0 Å². The quantitative estimate of drug-likeness (QED) is 0.849. The zero-order valence-corrected chi connectivity index (χ0v) is 13.8. The molecule has 6 nitrogen and oxygen atoms in total. The fourth-order valence-electron chi connectivity index (χ4n) is 3.75. The van der Waals surface area contributed by atoms with Crippen molar-refractivity contribution >= 4 is 16.0 Å². The van der Waals surface area contributed by atoms with Crippen LogP contribution in [-0.2, 0) is 26.0 Å². The molecule has 3 atom stereocenters. The lowest BCUT2D eigenvalue weighted by molar-refractivity contribution is -0.142. The fourth-order valence-corrected chi connectivity index (χ4v) is 5.66. The molecule has 1 aromatic carbocycles. The number of ether oxygens (including phenoxy) is 1. The standard InChI is InChI=1S/C16H21NO5S/c1-22-9-8-11-2-5-13(6-3-11)23(20,21)17-12-4-7-15(17)14(10-12)16(18)19/h2-3,5-6,12,14-15H,4,7-10H2,1H3,(H,18,19). The Labute approximate surface area is 136 Å². The molecule has 2 aliphatic heterocycles. The van der Waals surface area contributed by atoms with Crippen molar-refractivity contribution in [2.45, 2.75) is 42.7 Å². The minimum absolute atomic E-state index is 0.181. The van der Waals surface area contributed by atoms with E-state index in [4.69, 9.17) is 4.74 Å². The van der Waals surface area contributed by atoms with Crippen molar-refractivity contribution in [2.24, 2.45) is 5.92 Å². The highest BCUT2D eigenvalue weighted by atomic mass is 32.2. The van der Waals surface area contributed by atoms with Crippen LogP contribution in [0.5, 0.6) is 0 Å². The number of methoxy groups -OCH3 is 1. The van der Waals surface area contributed by atoms with Gasteiger partial charge in [-0.25, -0.2) is 8.42 Å². The monoisotopic (exact) mass is 339 g/mol. The van der Waals surface area contributed by atoms with Crippen molar-refractivity contribution in [1.82, 2.24) is 4.31 Å². The summed E-state index contributed by atoms with van der Waals surface area (Å²) >= 11 is 0. The van der Waals surface area contributed by atoms with Crippen LogP contribution >= 0.6 is 0 Å². The first kappa shape index (κ1) is 16.4. The second-order valence-electron chi connectivity index (χ2n) is 6.20. The average molecular weight is 339 g/mol. The van der Waals surface area contributed by atoms with Crippen LogP contribution in [0.3, 0.4) is 0 Å². The summed E-state index contributed by atoms with van der Waals surface area (Å²) in [6, 6.07) is 6.20.